The van der Waals surface area contributed by atoms with Crippen molar-refractivity contribution in [1.29, 1.82) is 5.26 Å². The molecule has 0 N–H and O–H groups in total. The Labute approximate surface area is 64.9 Å². The van der Waals surface area contributed by atoms with Crippen LogP contribution in [0.1, 0.15) is 22.2 Å². The van der Waals surface area contributed by atoms with E-state index in [1.54, 1.807) is 11.3 Å². The molecule has 0 aromatic carbocycles. The Hall–Kier alpha value is -0.810. The van der Waals surface area contributed by atoms with Crippen LogP contribution in [0.5, 0.6) is 0 Å². The van der Waals surface area contributed by atoms with Crippen molar-refractivity contribution in [3.8, 4) is 6.07 Å². The number of aryl methyl sites for hydroxylation is 2. The Kier molecular flexibility index (Phi) is 2.08. The fourth-order valence-corrected chi connectivity index (χ4v) is 1.84. The first-order valence-electron chi connectivity index (χ1n) is 3.27. The predicted octanol–water partition coefficient (Wildman–Crippen LogP) is 2.49. The maximum Gasteiger partial charge on any atom is 0.110 e. The second kappa shape index (κ2) is 2.85. The van der Waals surface area contributed by atoms with E-state index in [0.29, 0.717) is 0 Å². The minimum Gasteiger partial charge on any atom is -0.192 e. The zero-order valence-corrected chi connectivity index (χ0v) is 6.96. The third kappa shape index (κ3) is 1.19. The molecule has 1 nitrogen and oxygen atoms in total. The first-order chi connectivity index (χ1) is 4.77. The van der Waals surface area contributed by atoms with Crippen LogP contribution in [0.25, 0.3) is 0 Å². The van der Waals surface area contributed by atoms with Crippen molar-refractivity contribution in [3.05, 3.63) is 21.4 Å². The Morgan fingerprint density at radius 2 is 2.40 bits per heavy atom. The third-order valence-corrected chi connectivity index (χ3v) is 2.74. The van der Waals surface area contributed by atoms with Gasteiger partial charge < -0.3 is 0 Å². The smallest absolute Gasteiger partial charge is 0.110 e. The number of nitrogens with zero attached hydrogens (tertiary/aromatic N) is 1. The summed E-state index contributed by atoms with van der Waals surface area (Å²) < 4.78 is 0. The molecule has 0 atom stereocenters. The number of hydrogen-bond donors (Lipinski definition) is 0. The number of rotatable bonds is 1. The van der Waals surface area contributed by atoms with Crippen LogP contribution in [0.4, 0.5) is 0 Å². The Bertz CT molecular complexity index is 267. The molecule has 0 radical (unpaired) electrons. The second-order valence-corrected chi connectivity index (χ2v) is 3.32. The van der Waals surface area contributed by atoms with E-state index in [4.69, 9.17) is 5.26 Å². The standard InChI is InChI=1S/C8H9NS/c1-3-8-6(2)4-7(5-9)10-8/h4H,3H2,1-2H3. The zero-order chi connectivity index (χ0) is 7.56. The molecular formula is C8H9NS. The molecule has 1 aromatic rings. The lowest BCUT2D eigenvalue weighted by atomic mass is 10.2. The van der Waals surface area contributed by atoms with E-state index < -0.39 is 0 Å². The molecule has 0 saturated heterocycles. The normalized spacial score (nSPS) is 9.30. The van der Waals surface area contributed by atoms with E-state index in [1.807, 2.05) is 6.07 Å². The molecule has 1 rings (SSSR count). The van der Waals surface area contributed by atoms with Crippen molar-refractivity contribution in [2.45, 2.75) is 20.3 Å². The van der Waals surface area contributed by atoms with Gasteiger partial charge in [-0.05, 0) is 25.0 Å². The van der Waals surface area contributed by atoms with E-state index in [-0.39, 0.29) is 0 Å². The summed E-state index contributed by atoms with van der Waals surface area (Å²) in [5, 5.41) is 8.53. The molecule has 0 fully saturated rings. The van der Waals surface area contributed by atoms with Crippen molar-refractivity contribution in [2.75, 3.05) is 0 Å². The van der Waals surface area contributed by atoms with Crippen LogP contribution in [0.2, 0.25) is 0 Å². The lowest BCUT2D eigenvalue weighted by Crippen LogP contribution is -1.72. The maximum atomic E-state index is 8.53. The third-order valence-electron chi connectivity index (χ3n) is 1.45. The highest BCUT2D eigenvalue weighted by atomic mass is 32.1. The van der Waals surface area contributed by atoms with E-state index in [0.717, 1.165) is 11.3 Å². The first kappa shape index (κ1) is 7.30. The van der Waals surface area contributed by atoms with Gasteiger partial charge in [-0.2, -0.15) is 5.26 Å². The lowest BCUT2D eigenvalue weighted by Gasteiger charge is -1.87. The molecule has 1 heterocycles. The zero-order valence-electron chi connectivity index (χ0n) is 6.14. The highest BCUT2D eigenvalue weighted by Gasteiger charge is 2.01. The van der Waals surface area contributed by atoms with Gasteiger partial charge in [0.1, 0.15) is 10.9 Å². The fraction of sp³-hybridized carbons (Fsp3) is 0.375. The van der Waals surface area contributed by atoms with E-state index >= 15 is 0 Å². The molecule has 0 amide bonds. The summed E-state index contributed by atoms with van der Waals surface area (Å²) in [6, 6.07) is 4.09. The summed E-state index contributed by atoms with van der Waals surface area (Å²) in [7, 11) is 0. The average molecular weight is 151 g/mol. The monoisotopic (exact) mass is 151 g/mol. The van der Waals surface area contributed by atoms with Crippen molar-refractivity contribution in [1.82, 2.24) is 0 Å². The average Bonchev–Trinajstić information content (AvgIpc) is 2.30. The molecule has 52 valence electrons. The van der Waals surface area contributed by atoms with Gasteiger partial charge >= 0.3 is 0 Å². The minimum absolute atomic E-state index is 0.828. The molecule has 0 aliphatic heterocycles. The summed E-state index contributed by atoms with van der Waals surface area (Å²) >= 11 is 1.60. The van der Waals surface area contributed by atoms with Crippen LogP contribution in [0.15, 0.2) is 6.07 Å². The van der Waals surface area contributed by atoms with Crippen LogP contribution in [-0.4, -0.2) is 0 Å². The van der Waals surface area contributed by atoms with Crippen LogP contribution in [0, 0.1) is 18.3 Å². The molecule has 0 aliphatic carbocycles. The van der Waals surface area contributed by atoms with E-state index in [9.17, 15) is 0 Å². The maximum absolute atomic E-state index is 8.53. The topological polar surface area (TPSA) is 23.8 Å². The first-order valence-corrected chi connectivity index (χ1v) is 4.09. The Morgan fingerprint density at radius 1 is 1.70 bits per heavy atom. The van der Waals surface area contributed by atoms with E-state index in [1.165, 1.54) is 10.4 Å². The van der Waals surface area contributed by atoms with Crippen molar-refractivity contribution in [3.63, 3.8) is 0 Å². The molecule has 1 aromatic heterocycles. The SMILES string of the molecule is CCc1sc(C#N)cc1C. The van der Waals surface area contributed by atoms with Gasteiger partial charge in [0.2, 0.25) is 0 Å². The van der Waals surface area contributed by atoms with Gasteiger partial charge in [0.25, 0.3) is 0 Å². The molecule has 0 bridgehead atoms. The molecule has 10 heavy (non-hydrogen) atoms. The van der Waals surface area contributed by atoms with E-state index in [2.05, 4.69) is 19.9 Å². The van der Waals surface area contributed by atoms with Gasteiger partial charge in [-0.25, -0.2) is 0 Å². The van der Waals surface area contributed by atoms with Crippen LogP contribution in [-0.2, 0) is 6.42 Å². The molecule has 0 aliphatic rings. The lowest BCUT2D eigenvalue weighted by molar-refractivity contribution is 1.16. The summed E-state index contributed by atoms with van der Waals surface area (Å²) in [6.45, 7) is 4.16. The summed E-state index contributed by atoms with van der Waals surface area (Å²) in [4.78, 5) is 2.16. The number of thiophene rings is 1. The summed E-state index contributed by atoms with van der Waals surface area (Å²) in [5.41, 5.74) is 1.25. The van der Waals surface area contributed by atoms with Crippen LogP contribution < -0.4 is 0 Å². The predicted molar refractivity (Wildman–Crippen MR) is 43.1 cm³/mol. The molecule has 0 unspecified atom stereocenters. The fourth-order valence-electron chi connectivity index (χ4n) is 0.926. The molecule has 0 spiro atoms. The largest absolute Gasteiger partial charge is 0.192 e. The molecule has 0 saturated carbocycles. The highest BCUT2D eigenvalue weighted by molar-refractivity contribution is 7.12. The molecule has 2 heteroatoms. The van der Waals surface area contributed by atoms with Gasteiger partial charge in [-0.3, -0.25) is 0 Å². The van der Waals surface area contributed by atoms with Crippen molar-refractivity contribution < 1.29 is 0 Å². The second-order valence-electron chi connectivity index (χ2n) is 2.18. The number of hydrogen-bond acceptors (Lipinski definition) is 2. The van der Waals surface area contributed by atoms with Crippen LogP contribution >= 0.6 is 11.3 Å². The van der Waals surface area contributed by atoms with Crippen LogP contribution in [0.3, 0.4) is 0 Å². The van der Waals surface area contributed by atoms with Gasteiger partial charge in [0.15, 0.2) is 0 Å². The van der Waals surface area contributed by atoms with Crippen molar-refractivity contribution >= 4 is 11.3 Å². The Balaban J connectivity index is 3.07. The van der Waals surface area contributed by atoms with Gasteiger partial charge in [-0.1, -0.05) is 6.92 Å². The van der Waals surface area contributed by atoms with Crippen molar-refractivity contribution in [2.24, 2.45) is 0 Å². The minimum atomic E-state index is 0.828. The summed E-state index contributed by atoms with van der Waals surface area (Å²) in [5.74, 6) is 0. The highest BCUT2D eigenvalue weighted by Crippen LogP contribution is 2.20. The van der Waals surface area contributed by atoms with Gasteiger partial charge in [0.05, 0.1) is 0 Å². The molecular weight excluding hydrogens is 142 g/mol. The summed E-state index contributed by atoms with van der Waals surface area (Å²) in [6.07, 6.45) is 1.04. The van der Waals surface area contributed by atoms with Gasteiger partial charge in [-0.15, -0.1) is 11.3 Å². The number of nitriles is 1. The quantitative estimate of drug-likeness (QED) is 0.605. The Morgan fingerprint density at radius 3 is 2.70 bits per heavy atom. The van der Waals surface area contributed by atoms with Gasteiger partial charge in [0, 0.05) is 4.88 Å².